The number of carbonyl (C=O) groups is 1. The van der Waals surface area contributed by atoms with Crippen LogP contribution in [0.3, 0.4) is 0 Å². The van der Waals surface area contributed by atoms with Gasteiger partial charge >= 0.3 is 0 Å². The largest absolute Gasteiger partial charge is 0.497 e. The first-order chi connectivity index (χ1) is 13.1. The summed E-state index contributed by atoms with van der Waals surface area (Å²) >= 11 is 1.41. The Kier molecular flexibility index (Phi) is 6.19. The zero-order chi connectivity index (χ0) is 19.2. The van der Waals surface area contributed by atoms with Gasteiger partial charge in [-0.2, -0.15) is 0 Å². The molecular weight excluding hydrogens is 358 g/mol. The number of para-hydroxylation sites is 1. The van der Waals surface area contributed by atoms with Gasteiger partial charge in [0.15, 0.2) is 5.16 Å². The van der Waals surface area contributed by atoms with Crippen LogP contribution in [0.5, 0.6) is 5.75 Å². The Balaban J connectivity index is 1.70. The van der Waals surface area contributed by atoms with E-state index in [1.807, 2.05) is 60.2 Å². The lowest BCUT2D eigenvalue weighted by Crippen LogP contribution is -2.16. The van der Waals surface area contributed by atoms with Crippen molar-refractivity contribution >= 4 is 23.4 Å². The average molecular weight is 382 g/mol. The molecule has 0 bridgehead atoms. The summed E-state index contributed by atoms with van der Waals surface area (Å²) in [5.74, 6) is 1.03. The molecule has 6 heteroatoms. The van der Waals surface area contributed by atoms with Gasteiger partial charge in [-0.1, -0.05) is 43.0 Å². The molecule has 0 atom stereocenters. The lowest BCUT2D eigenvalue weighted by Gasteiger charge is -2.13. The first kappa shape index (κ1) is 19.0. The first-order valence-electron chi connectivity index (χ1n) is 8.81. The van der Waals surface area contributed by atoms with E-state index in [4.69, 9.17) is 4.74 Å². The maximum Gasteiger partial charge on any atom is 0.234 e. The summed E-state index contributed by atoms with van der Waals surface area (Å²) in [5, 5.41) is 3.82. The Bertz CT molecular complexity index is 937. The van der Waals surface area contributed by atoms with Crippen LogP contribution in [-0.4, -0.2) is 28.3 Å². The molecule has 0 radical (unpaired) electrons. The highest BCUT2D eigenvalue weighted by Crippen LogP contribution is 2.25. The molecule has 27 heavy (non-hydrogen) atoms. The van der Waals surface area contributed by atoms with Gasteiger partial charge in [0.1, 0.15) is 5.75 Å². The van der Waals surface area contributed by atoms with E-state index in [1.165, 1.54) is 11.8 Å². The molecule has 1 heterocycles. The number of carbonyl (C=O) groups excluding carboxylic acids is 1. The predicted octanol–water partition coefficient (Wildman–Crippen LogP) is 4.48. The lowest BCUT2D eigenvalue weighted by atomic mass is 10.1. The molecule has 3 rings (SSSR count). The van der Waals surface area contributed by atoms with Crippen molar-refractivity contribution in [1.82, 2.24) is 9.55 Å². The van der Waals surface area contributed by atoms with Gasteiger partial charge < -0.3 is 10.1 Å². The molecule has 1 aromatic heterocycles. The monoisotopic (exact) mass is 381 g/mol. The topological polar surface area (TPSA) is 56.2 Å². The van der Waals surface area contributed by atoms with Gasteiger partial charge in [0.05, 0.1) is 18.6 Å². The Morgan fingerprint density at radius 2 is 2.07 bits per heavy atom. The van der Waals surface area contributed by atoms with E-state index in [1.54, 1.807) is 13.3 Å². The number of nitrogens with one attached hydrogen (secondary N) is 1. The molecule has 2 aromatic carbocycles. The quantitative estimate of drug-likeness (QED) is 0.613. The summed E-state index contributed by atoms with van der Waals surface area (Å²) in [6.07, 6.45) is 4.49. The Hall–Kier alpha value is -2.73. The van der Waals surface area contributed by atoms with Gasteiger partial charge in [-0.05, 0) is 36.6 Å². The van der Waals surface area contributed by atoms with Gasteiger partial charge in [0, 0.05) is 24.1 Å². The minimum absolute atomic E-state index is 0.0378. The molecule has 140 valence electrons. The summed E-state index contributed by atoms with van der Waals surface area (Å²) in [6, 6.07) is 13.8. The second-order valence-electron chi connectivity index (χ2n) is 6.08. The molecule has 1 N–H and O–H groups in total. The van der Waals surface area contributed by atoms with E-state index in [0.717, 1.165) is 39.8 Å². The Morgan fingerprint density at radius 3 is 2.85 bits per heavy atom. The van der Waals surface area contributed by atoms with Crippen molar-refractivity contribution < 1.29 is 9.53 Å². The van der Waals surface area contributed by atoms with E-state index < -0.39 is 0 Å². The van der Waals surface area contributed by atoms with Crippen LogP contribution >= 0.6 is 11.8 Å². The number of benzene rings is 2. The molecule has 0 spiro atoms. The molecule has 3 aromatic rings. The van der Waals surface area contributed by atoms with E-state index in [-0.39, 0.29) is 5.91 Å². The highest BCUT2D eigenvalue weighted by molar-refractivity contribution is 7.99. The van der Waals surface area contributed by atoms with Crippen molar-refractivity contribution in [3.63, 3.8) is 0 Å². The van der Waals surface area contributed by atoms with Crippen LogP contribution in [0.1, 0.15) is 18.1 Å². The minimum Gasteiger partial charge on any atom is -0.497 e. The molecule has 5 nitrogen and oxygen atoms in total. The van der Waals surface area contributed by atoms with Gasteiger partial charge in [-0.3, -0.25) is 9.36 Å². The minimum atomic E-state index is -0.0378. The van der Waals surface area contributed by atoms with E-state index in [2.05, 4.69) is 17.2 Å². The number of nitrogens with zero attached hydrogens (tertiary/aromatic N) is 2. The second kappa shape index (κ2) is 8.77. The third-order valence-corrected chi connectivity index (χ3v) is 5.24. The maximum absolute atomic E-state index is 12.5. The fourth-order valence-electron chi connectivity index (χ4n) is 2.86. The van der Waals surface area contributed by atoms with Crippen LogP contribution in [0.15, 0.2) is 60.0 Å². The van der Waals surface area contributed by atoms with Crippen molar-refractivity contribution in [1.29, 1.82) is 0 Å². The van der Waals surface area contributed by atoms with Crippen LogP contribution in [0.25, 0.3) is 5.69 Å². The molecule has 0 aliphatic carbocycles. The molecule has 0 aliphatic rings. The molecule has 1 amide bonds. The SMILES string of the molecule is CCc1cccc(C)c1NC(=O)CSc1nccn1-c1cccc(OC)c1. The third-order valence-electron chi connectivity index (χ3n) is 4.28. The number of hydrogen-bond acceptors (Lipinski definition) is 4. The predicted molar refractivity (Wildman–Crippen MR) is 110 cm³/mol. The zero-order valence-corrected chi connectivity index (χ0v) is 16.5. The van der Waals surface area contributed by atoms with Crippen molar-refractivity contribution in [2.75, 3.05) is 18.2 Å². The van der Waals surface area contributed by atoms with Crippen molar-refractivity contribution in [2.45, 2.75) is 25.4 Å². The number of anilines is 1. The standard InChI is InChI=1S/C21H23N3O2S/c1-4-16-8-5-7-15(2)20(16)23-19(25)14-27-21-22-11-12-24(21)17-9-6-10-18(13-17)26-3/h5-13H,4,14H2,1-3H3,(H,23,25). The third kappa shape index (κ3) is 4.52. The van der Waals surface area contributed by atoms with E-state index in [0.29, 0.717) is 5.75 Å². The summed E-state index contributed by atoms with van der Waals surface area (Å²) in [6.45, 7) is 4.10. The number of imidazole rings is 1. The highest BCUT2D eigenvalue weighted by atomic mass is 32.2. The Labute approximate surface area is 163 Å². The van der Waals surface area contributed by atoms with Gasteiger partial charge in [-0.15, -0.1) is 0 Å². The van der Waals surface area contributed by atoms with Crippen LogP contribution in [0.4, 0.5) is 5.69 Å². The maximum atomic E-state index is 12.5. The fraction of sp³-hybridized carbons (Fsp3) is 0.238. The number of rotatable bonds is 7. The lowest BCUT2D eigenvalue weighted by molar-refractivity contribution is -0.113. The number of aromatic nitrogens is 2. The van der Waals surface area contributed by atoms with Crippen LogP contribution in [0, 0.1) is 6.92 Å². The average Bonchev–Trinajstić information content (AvgIpc) is 3.16. The summed E-state index contributed by atoms with van der Waals surface area (Å²) in [4.78, 5) is 16.9. The number of hydrogen-bond donors (Lipinski definition) is 1. The first-order valence-corrected chi connectivity index (χ1v) is 9.80. The second-order valence-corrected chi connectivity index (χ2v) is 7.02. The van der Waals surface area contributed by atoms with Gasteiger partial charge in [-0.25, -0.2) is 4.98 Å². The molecular formula is C21H23N3O2S. The van der Waals surface area contributed by atoms with E-state index in [9.17, 15) is 4.79 Å². The Morgan fingerprint density at radius 1 is 1.26 bits per heavy atom. The highest BCUT2D eigenvalue weighted by Gasteiger charge is 2.12. The smallest absolute Gasteiger partial charge is 0.234 e. The van der Waals surface area contributed by atoms with Crippen LogP contribution in [-0.2, 0) is 11.2 Å². The summed E-state index contributed by atoms with van der Waals surface area (Å²) in [5.41, 5.74) is 4.08. The van der Waals surface area contributed by atoms with Crippen LogP contribution < -0.4 is 10.1 Å². The number of aryl methyl sites for hydroxylation is 2. The normalized spacial score (nSPS) is 10.6. The number of ether oxygens (including phenoxy) is 1. The molecule has 0 saturated heterocycles. The van der Waals surface area contributed by atoms with Crippen molar-refractivity contribution in [2.24, 2.45) is 0 Å². The van der Waals surface area contributed by atoms with Crippen molar-refractivity contribution in [3.8, 4) is 11.4 Å². The summed E-state index contributed by atoms with van der Waals surface area (Å²) in [7, 11) is 1.64. The number of amides is 1. The van der Waals surface area contributed by atoms with Crippen LogP contribution in [0.2, 0.25) is 0 Å². The molecule has 0 unspecified atom stereocenters. The summed E-state index contributed by atoms with van der Waals surface area (Å²) < 4.78 is 7.24. The molecule has 0 aliphatic heterocycles. The molecule has 0 saturated carbocycles. The van der Waals surface area contributed by atoms with Crippen molar-refractivity contribution in [3.05, 3.63) is 66.0 Å². The van der Waals surface area contributed by atoms with Gasteiger partial charge in [0.25, 0.3) is 0 Å². The van der Waals surface area contributed by atoms with Gasteiger partial charge in [0.2, 0.25) is 5.91 Å². The molecule has 0 fully saturated rings. The number of thioether (sulfide) groups is 1. The zero-order valence-electron chi connectivity index (χ0n) is 15.7. The fourth-order valence-corrected chi connectivity index (χ4v) is 3.63. The number of methoxy groups -OCH3 is 1. The van der Waals surface area contributed by atoms with E-state index >= 15 is 0 Å².